The fourth-order valence-electron chi connectivity index (χ4n) is 1.62. The maximum absolute atomic E-state index is 9.18. The molecule has 0 saturated heterocycles. The molecule has 0 radical (unpaired) electrons. The van der Waals surface area contributed by atoms with Crippen molar-refractivity contribution in [3.05, 3.63) is 46.6 Å². The Morgan fingerprint density at radius 1 is 1.15 bits per heavy atom. The van der Waals surface area contributed by atoms with E-state index in [0.717, 1.165) is 21.6 Å². The highest BCUT2D eigenvalue weighted by atomic mass is 79.9. The molecule has 5 heteroatoms. The second-order valence-electron chi connectivity index (χ2n) is 5.17. The SMILES string of the molecule is CC(C)(CO)NCc1ccc(-c2ccc(Br)cc2)o1.[Cl-]. The molecule has 1 aromatic carbocycles. The molecule has 20 heavy (non-hydrogen) atoms. The van der Waals surface area contributed by atoms with Crippen molar-refractivity contribution in [3.63, 3.8) is 0 Å². The summed E-state index contributed by atoms with van der Waals surface area (Å²) in [5, 5.41) is 12.4. The number of aliphatic hydroxyl groups excluding tert-OH is 1. The highest BCUT2D eigenvalue weighted by Gasteiger charge is 2.16. The van der Waals surface area contributed by atoms with E-state index in [0.29, 0.717) is 6.54 Å². The summed E-state index contributed by atoms with van der Waals surface area (Å²) in [5.41, 5.74) is 0.751. The molecule has 110 valence electrons. The first-order valence-electron chi connectivity index (χ1n) is 6.21. The van der Waals surface area contributed by atoms with Crippen LogP contribution in [-0.2, 0) is 6.54 Å². The minimum atomic E-state index is -0.301. The molecule has 0 aliphatic heterocycles. The Balaban J connectivity index is 0.00000200. The van der Waals surface area contributed by atoms with Gasteiger partial charge in [-0.3, -0.25) is 0 Å². The van der Waals surface area contributed by atoms with E-state index in [1.165, 1.54) is 0 Å². The van der Waals surface area contributed by atoms with E-state index in [-0.39, 0.29) is 24.6 Å². The van der Waals surface area contributed by atoms with Crippen LogP contribution in [0.15, 0.2) is 45.3 Å². The van der Waals surface area contributed by atoms with Crippen LogP contribution in [0.3, 0.4) is 0 Å². The van der Waals surface area contributed by atoms with Crippen LogP contribution in [0.1, 0.15) is 19.6 Å². The average Bonchev–Trinajstić information content (AvgIpc) is 2.86. The number of hydrogen-bond donors (Lipinski definition) is 2. The lowest BCUT2D eigenvalue weighted by Crippen LogP contribution is -3.00. The molecular weight excluding hydrogens is 342 g/mol. The quantitative estimate of drug-likeness (QED) is 0.821. The summed E-state index contributed by atoms with van der Waals surface area (Å²) in [7, 11) is 0. The Kier molecular flexibility index (Phi) is 6.27. The van der Waals surface area contributed by atoms with Gasteiger partial charge in [0.05, 0.1) is 13.2 Å². The van der Waals surface area contributed by atoms with Gasteiger partial charge >= 0.3 is 0 Å². The molecule has 2 rings (SSSR count). The molecule has 0 aliphatic rings. The summed E-state index contributed by atoms with van der Waals surface area (Å²) >= 11 is 3.41. The minimum absolute atomic E-state index is 0. The van der Waals surface area contributed by atoms with E-state index in [1.807, 2.05) is 50.2 Å². The topological polar surface area (TPSA) is 45.4 Å². The number of hydrogen-bond acceptors (Lipinski definition) is 3. The zero-order valence-corrected chi connectivity index (χ0v) is 13.8. The van der Waals surface area contributed by atoms with Crippen LogP contribution in [0.4, 0.5) is 0 Å². The van der Waals surface area contributed by atoms with Crippen LogP contribution in [0, 0.1) is 0 Å². The van der Waals surface area contributed by atoms with Gasteiger partial charge in [-0.05, 0) is 38.1 Å². The van der Waals surface area contributed by atoms with Crippen molar-refractivity contribution in [2.75, 3.05) is 6.61 Å². The largest absolute Gasteiger partial charge is 1.00 e. The second-order valence-corrected chi connectivity index (χ2v) is 6.08. The maximum atomic E-state index is 9.18. The molecule has 0 atom stereocenters. The van der Waals surface area contributed by atoms with Gasteiger partial charge < -0.3 is 27.2 Å². The second kappa shape index (κ2) is 7.27. The number of nitrogens with one attached hydrogen (secondary N) is 1. The third-order valence-corrected chi connectivity index (χ3v) is 3.46. The average molecular weight is 360 g/mol. The van der Waals surface area contributed by atoms with Gasteiger partial charge in [0.15, 0.2) is 0 Å². The maximum Gasteiger partial charge on any atom is 0.134 e. The molecule has 0 aliphatic carbocycles. The van der Waals surface area contributed by atoms with Crippen molar-refractivity contribution in [2.24, 2.45) is 0 Å². The van der Waals surface area contributed by atoms with Crippen molar-refractivity contribution in [1.29, 1.82) is 0 Å². The van der Waals surface area contributed by atoms with Gasteiger partial charge in [0, 0.05) is 15.6 Å². The third kappa shape index (κ3) is 4.63. The molecular formula is C15H18BrClNO2-. The molecule has 0 unspecified atom stereocenters. The Morgan fingerprint density at radius 3 is 2.40 bits per heavy atom. The Hall–Kier alpha value is -0.810. The number of benzene rings is 1. The lowest BCUT2D eigenvalue weighted by atomic mass is 10.1. The number of halogens is 2. The van der Waals surface area contributed by atoms with Gasteiger partial charge in [-0.15, -0.1) is 0 Å². The van der Waals surface area contributed by atoms with E-state index in [2.05, 4.69) is 21.2 Å². The molecule has 1 heterocycles. The van der Waals surface area contributed by atoms with Crippen LogP contribution >= 0.6 is 15.9 Å². The Bertz CT molecular complexity index is 537. The molecule has 2 aromatic rings. The number of rotatable bonds is 5. The van der Waals surface area contributed by atoms with E-state index in [1.54, 1.807) is 0 Å². The fourth-order valence-corrected chi connectivity index (χ4v) is 1.89. The van der Waals surface area contributed by atoms with Crippen LogP contribution in [0.5, 0.6) is 0 Å². The molecule has 1 aromatic heterocycles. The highest BCUT2D eigenvalue weighted by Crippen LogP contribution is 2.24. The summed E-state index contributed by atoms with van der Waals surface area (Å²) in [4.78, 5) is 0. The number of furan rings is 1. The van der Waals surface area contributed by atoms with Crippen molar-refractivity contribution in [2.45, 2.75) is 25.9 Å². The summed E-state index contributed by atoms with van der Waals surface area (Å²) in [6.45, 7) is 4.59. The fraction of sp³-hybridized carbons (Fsp3) is 0.333. The van der Waals surface area contributed by atoms with Gasteiger partial charge in [-0.1, -0.05) is 28.1 Å². The Labute approximate surface area is 133 Å². The molecule has 0 amide bonds. The van der Waals surface area contributed by atoms with Crippen molar-refractivity contribution in [3.8, 4) is 11.3 Å². The monoisotopic (exact) mass is 358 g/mol. The standard InChI is InChI=1S/C15H18BrNO2.ClH/c1-15(2,10-18)17-9-13-7-8-14(19-13)11-3-5-12(16)6-4-11;/h3-8,17-18H,9-10H2,1-2H3;1H/p-1. The molecule has 2 N–H and O–H groups in total. The predicted octanol–water partition coefficient (Wildman–Crippen LogP) is 0.574. The first-order valence-corrected chi connectivity index (χ1v) is 7.00. The molecule has 0 saturated carbocycles. The summed E-state index contributed by atoms with van der Waals surface area (Å²) < 4.78 is 6.84. The summed E-state index contributed by atoms with van der Waals surface area (Å²) in [6.07, 6.45) is 0. The first-order chi connectivity index (χ1) is 9.00. The summed E-state index contributed by atoms with van der Waals surface area (Å²) in [5.74, 6) is 1.71. The van der Waals surface area contributed by atoms with Crippen molar-refractivity contribution < 1.29 is 21.9 Å². The van der Waals surface area contributed by atoms with Crippen LogP contribution in [-0.4, -0.2) is 17.3 Å². The third-order valence-electron chi connectivity index (χ3n) is 2.93. The molecule has 3 nitrogen and oxygen atoms in total. The normalized spacial score (nSPS) is 11.2. The van der Waals surface area contributed by atoms with Gasteiger partial charge in [-0.25, -0.2) is 0 Å². The predicted molar refractivity (Wildman–Crippen MR) is 79.8 cm³/mol. The molecule has 0 spiro atoms. The van der Waals surface area contributed by atoms with E-state index in [4.69, 9.17) is 4.42 Å². The summed E-state index contributed by atoms with van der Waals surface area (Å²) in [6, 6.07) is 11.9. The molecule has 0 bridgehead atoms. The van der Waals surface area contributed by atoms with Gasteiger partial charge in [-0.2, -0.15) is 0 Å². The van der Waals surface area contributed by atoms with Crippen LogP contribution in [0.2, 0.25) is 0 Å². The van der Waals surface area contributed by atoms with Gasteiger partial charge in [0.1, 0.15) is 11.5 Å². The van der Waals surface area contributed by atoms with Crippen LogP contribution < -0.4 is 17.7 Å². The highest BCUT2D eigenvalue weighted by molar-refractivity contribution is 9.10. The zero-order chi connectivity index (χ0) is 13.9. The molecule has 0 fully saturated rings. The van der Waals surface area contributed by atoms with Crippen molar-refractivity contribution >= 4 is 15.9 Å². The smallest absolute Gasteiger partial charge is 0.134 e. The van der Waals surface area contributed by atoms with Crippen molar-refractivity contribution in [1.82, 2.24) is 5.32 Å². The lowest BCUT2D eigenvalue weighted by Gasteiger charge is -2.22. The van der Waals surface area contributed by atoms with Gasteiger partial charge in [0.25, 0.3) is 0 Å². The number of aliphatic hydroxyl groups is 1. The Morgan fingerprint density at radius 2 is 1.80 bits per heavy atom. The zero-order valence-electron chi connectivity index (χ0n) is 11.5. The van der Waals surface area contributed by atoms with Gasteiger partial charge in [0.2, 0.25) is 0 Å². The van der Waals surface area contributed by atoms with Crippen LogP contribution in [0.25, 0.3) is 11.3 Å². The minimum Gasteiger partial charge on any atom is -1.00 e. The van der Waals surface area contributed by atoms with E-state index < -0.39 is 0 Å². The first kappa shape index (κ1) is 17.2. The lowest BCUT2D eigenvalue weighted by molar-refractivity contribution is -0.00000533. The van der Waals surface area contributed by atoms with E-state index >= 15 is 0 Å². The van der Waals surface area contributed by atoms with E-state index in [9.17, 15) is 5.11 Å².